The molecule has 0 aromatic heterocycles. The van der Waals surface area contributed by atoms with E-state index in [-0.39, 0.29) is 17.9 Å². The lowest BCUT2D eigenvalue weighted by Gasteiger charge is -2.32. The van der Waals surface area contributed by atoms with Crippen LogP contribution in [-0.4, -0.2) is 29.4 Å². The quantitative estimate of drug-likeness (QED) is 0.805. The Morgan fingerprint density at radius 2 is 1.72 bits per heavy atom. The second-order valence-corrected chi connectivity index (χ2v) is 6.90. The molecule has 7 heteroatoms. The molecule has 0 saturated carbocycles. The van der Waals surface area contributed by atoms with E-state index >= 15 is 0 Å². The molecule has 2 atom stereocenters. The lowest BCUT2D eigenvalue weighted by molar-refractivity contribution is -0.150. The summed E-state index contributed by atoms with van der Waals surface area (Å²) in [7, 11) is 0. The van der Waals surface area contributed by atoms with Gasteiger partial charge in [0.15, 0.2) is 0 Å². The summed E-state index contributed by atoms with van der Waals surface area (Å²) in [6, 6.07) is 14.3. The van der Waals surface area contributed by atoms with Gasteiger partial charge in [-0.15, -0.1) is 0 Å². The number of hydrogen-bond acceptors (Lipinski definition) is 2. The SMILES string of the molecule is CC(=O)N1C=Cc2ccccc2C1CC(=O)NCC(c1ccccc1)C(F)(F)F. The summed E-state index contributed by atoms with van der Waals surface area (Å²) in [6.45, 7) is 0.828. The first-order valence-electron chi connectivity index (χ1n) is 9.21. The average molecular weight is 402 g/mol. The van der Waals surface area contributed by atoms with Gasteiger partial charge in [0.25, 0.3) is 0 Å². The Morgan fingerprint density at radius 3 is 2.38 bits per heavy atom. The van der Waals surface area contributed by atoms with Gasteiger partial charge in [-0.3, -0.25) is 9.59 Å². The maximum absolute atomic E-state index is 13.5. The molecule has 0 spiro atoms. The standard InChI is InChI=1S/C22H21F3N2O2/c1-15(28)27-12-11-16-7-5-6-10-18(16)20(27)13-21(29)26-14-19(22(23,24)25)17-8-3-2-4-9-17/h2-12,19-20H,13-14H2,1H3,(H,26,29). The smallest absolute Gasteiger partial charge is 0.355 e. The highest BCUT2D eigenvalue weighted by Crippen LogP contribution is 2.35. The van der Waals surface area contributed by atoms with Crippen molar-refractivity contribution in [1.29, 1.82) is 0 Å². The van der Waals surface area contributed by atoms with E-state index in [4.69, 9.17) is 0 Å². The Balaban J connectivity index is 1.73. The molecule has 2 amide bonds. The molecule has 0 fully saturated rings. The fourth-order valence-corrected chi connectivity index (χ4v) is 3.48. The van der Waals surface area contributed by atoms with Gasteiger partial charge in [-0.25, -0.2) is 0 Å². The molecule has 0 bridgehead atoms. The molecule has 2 aromatic carbocycles. The van der Waals surface area contributed by atoms with Crippen molar-refractivity contribution in [3.63, 3.8) is 0 Å². The van der Waals surface area contributed by atoms with Crippen LogP contribution < -0.4 is 5.32 Å². The van der Waals surface area contributed by atoms with Crippen LogP contribution in [-0.2, 0) is 9.59 Å². The van der Waals surface area contributed by atoms with Crippen LogP contribution in [0.3, 0.4) is 0 Å². The summed E-state index contributed by atoms with van der Waals surface area (Å²) in [5.41, 5.74) is 1.76. The number of rotatable bonds is 5. The summed E-state index contributed by atoms with van der Waals surface area (Å²) >= 11 is 0. The molecular weight excluding hydrogens is 381 g/mol. The lowest BCUT2D eigenvalue weighted by atomic mass is 9.93. The number of carbonyl (C=O) groups excluding carboxylic acids is 2. The highest BCUT2D eigenvalue weighted by molar-refractivity contribution is 5.81. The molecule has 0 radical (unpaired) electrons. The first kappa shape index (κ1) is 20.6. The molecule has 152 valence electrons. The number of amides is 2. The molecule has 1 aliphatic heterocycles. The molecule has 4 nitrogen and oxygen atoms in total. The third kappa shape index (κ3) is 4.85. The van der Waals surface area contributed by atoms with E-state index < -0.39 is 30.6 Å². The molecule has 2 unspecified atom stereocenters. The largest absolute Gasteiger partial charge is 0.397 e. The van der Waals surface area contributed by atoms with Crippen molar-refractivity contribution in [1.82, 2.24) is 10.2 Å². The monoisotopic (exact) mass is 402 g/mol. The first-order chi connectivity index (χ1) is 13.8. The molecule has 0 saturated heterocycles. The number of benzene rings is 2. The zero-order chi connectivity index (χ0) is 21.0. The maximum Gasteiger partial charge on any atom is 0.397 e. The maximum atomic E-state index is 13.5. The molecule has 0 aliphatic carbocycles. The molecule has 1 heterocycles. The predicted octanol–water partition coefficient (Wildman–Crippen LogP) is 4.41. The van der Waals surface area contributed by atoms with Crippen LogP contribution in [0.25, 0.3) is 6.08 Å². The van der Waals surface area contributed by atoms with E-state index in [9.17, 15) is 22.8 Å². The second-order valence-electron chi connectivity index (χ2n) is 6.90. The van der Waals surface area contributed by atoms with E-state index in [0.29, 0.717) is 0 Å². The van der Waals surface area contributed by atoms with Gasteiger partial charge in [0.1, 0.15) is 0 Å². The molecule has 1 aliphatic rings. The van der Waals surface area contributed by atoms with Crippen molar-refractivity contribution in [3.8, 4) is 0 Å². The van der Waals surface area contributed by atoms with Crippen LogP contribution >= 0.6 is 0 Å². The molecule has 29 heavy (non-hydrogen) atoms. The van der Waals surface area contributed by atoms with Crippen molar-refractivity contribution >= 4 is 17.9 Å². The van der Waals surface area contributed by atoms with Gasteiger partial charge < -0.3 is 10.2 Å². The summed E-state index contributed by atoms with van der Waals surface area (Å²) in [5, 5.41) is 2.40. The molecule has 1 N–H and O–H groups in total. The van der Waals surface area contributed by atoms with Gasteiger partial charge in [0, 0.05) is 19.7 Å². The van der Waals surface area contributed by atoms with Crippen molar-refractivity contribution in [2.75, 3.05) is 6.54 Å². The summed E-state index contributed by atoms with van der Waals surface area (Å²) in [5.74, 6) is -2.59. The van der Waals surface area contributed by atoms with Crippen molar-refractivity contribution in [2.24, 2.45) is 0 Å². The minimum Gasteiger partial charge on any atom is -0.355 e. The first-order valence-corrected chi connectivity index (χ1v) is 9.21. The van der Waals surface area contributed by atoms with Gasteiger partial charge in [0.2, 0.25) is 11.8 Å². The average Bonchev–Trinajstić information content (AvgIpc) is 2.68. The van der Waals surface area contributed by atoms with Crippen molar-refractivity contribution in [3.05, 3.63) is 77.5 Å². The summed E-state index contributed by atoms with van der Waals surface area (Å²) in [4.78, 5) is 25.9. The third-order valence-electron chi connectivity index (χ3n) is 4.95. The third-order valence-corrected chi connectivity index (χ3v) is 4.95. The van der Waals surface area contributed by atoms with E-state index in [1.54, 1.807) is 24.4 Å². The number of alkyl halides is 3. The number of carbonyl (C=O) groups is 2. The zero-order valence-corrected chi connectivity index (χ0v) is 15.8. The molecule has 2 aromatic rings. The van der Waals surface area contributed by atoms with Gasteiger partial charge in [-0.2, -0.15) is 13.2 Å². The van der Waals surface area contributed by atoms with Crippen molar-refractivity contribution < 1.29 is 22.8 Å². The van der Waals surface area contributed by atoms with Gasteiger partial charge in [0.05, 0.1) is 18.4 Å². The minimum atomic E-state index is -4.49. The van der Waals surface area contributed by atoms with Crippen LogP contribution in [0.15, 0.2) is 60.8 Å². The van der Waals surface area contributed by atoms with Crippen LogP contribution in [0.2, 0.25) is 0 Å². The summed E-state index contributed by atoms with van der Waals surface area (Å²) < 4.78 is 40.4. The van der Waals surface area contributed by atoms with E-state index in [1.807, 2.05) is 18.2 Å². The van der Waals surface area contributed by atoms with E-state index in [0.717, 1.165) is 11.1 Å². The van der Waals surface area contributed by atoms with Gasteiger partial charge in [-0.1, -0.05) is 54.6 Å². The van der Waals surface area contributed by atoms with E-state index in [2.05, 4.69) is 5.32 Å². The minimum absolute atomic E-state index is 0.0941. The Labute approximate surface area is 167 Å². The lowest BCUT2D eigenvalue weighted by Crippen LogP contribution is -2.38. The van der Waals surface area contributed by atoms with Gasteiger partial charge >= 0.3 is 6.18 Å². The topological polar surface area (TPSA) is 49.4 Å². The highest BCUT2D eigenvalue weighted by atomic mass is 19.4. The predicted molar refractivity (Wildman–Crippen MR) is 104 cm³/mol. The second kappa shape index (κ2) is 8.51. The number of hydrogen-bond donors (Lipinski definition) is 1. The normalized spacial score (nSPS) is 16.8. The van der Waals surface area contributed by atoms with Crippen LogP contribution in [0.5, 0.6) is 0 Å². The number of nitrogens with one attached hydrogen (secondary N) is 1. The zero-order valence-electron chi connectivity index (χ0n) is 15.8. The molecule has 3 rings (SSSR count). The highest BCUT2D eigenvalue weighted by Gasteiger charge is 2.41. The Hall–Kier alpha value is -3.09. The van der Waals surface area contributed by atoms with E-state index in [1.165, 1.54) is 36.1 Å². The number of nitrogens with zero attached hydrogens (tertiary/aromatic N) is 1. The van der Waals surface area contributed by atoms with Gasteiger partial charge in [-0.05, 0) is 22.8 Å². The Bertz CT molecular complexity index is 910. The van der Waals surface area contributed by atoms with Crippen molar-refractivity contribution in [2.45, 2.75) is 31.5 Å². The Morgan fingerprint density at radius 1 is 1.07 bits per heavy atom. The van der Waals surface area contributed by atoms with Crippen LogP contribution in [0.4, 0.5) is 13.2 Å². The Kier molecular flexibility index (Phi) is 6.06. The fourth-order valence-electron chi connectivity index (χ4n) is 3.48. The fraction of sp³-hybridized carbons (Fsp3) is 0.273. The summed E-state index contributed by atoms with van der Waals surface area (Å²) in [6.07, 6.45) is -1.23. The number of fused-ring (bicyclic) bond motifs is 1. The van der Waals surface area contributed by atoms with Crippen LogP contribution in [0.1, 0.15) is 42.0 Å². The number of halogens is 3. The molecular formula is C22H21F3N2O2. The van der Waals surface area contributed by atoms with Crippen LogP contribution in [0, 0.1) is 0 Å².